The predicted molar refractivity (Wildman–Crippen MR) is 101 cm³/mol. The number of nitrogens with two attached hydrogens (primary N) is 1. The zero-order chi connectivity index (χ0) is 16.9. The van der Waals surface area contributed by atoms with E-state index in [0.29, 0.717) is 6.54 Å². The number of ether oxygens (including phenoxy) is 1. The van der Waals surface area contributed by atoms with Crippen LogP contribution in [0.15, 0.2) is 72.9 Å². The Kier molecular flexibility index (Phi) is 6.14. The Morgan fingerprint density at radius 2 is 1.72 bits per heavy atom. The van der Waals surface area contributed by atoms with Gasteiger partial charge in [-0.2, -0.15) is 0 Å². The number of nitrogens with zero attached hydrogens (tertiary/aromatic N) is 1. The Hall–Kier alpha value is -2.86. The van der Waals surface area contributed by atoms with E-state index in [-0.39, 0.29) is 28.0 Å². The van der Waals surface area contributed by atoms with Crippen molar-refractivity contribution < 1.29 is 9.53 Å². The topological polar surface area (TPSA) is 81.1 Å². The van der Waals surface area contributed by atoms with Crippen LogP contribution < -0.4 is 16.0 Å². The Bertz CT molecular complexity index is 923. The summed E-state index contributed by atoms with van der Waals surface area (Å²) in [5.41, 5.74) is 6.56. The van der Waals surface area contributed by atoms with Crippen LogP contribution in [0.4, 0.5) is 0 Å². The van der Waals surface area contributed by atoms with Gasteiger partial charge in [0.2, 0.25) is 0 Å². The van der Waals surface area contributed by atoms with E-state index in [0.717, 1.165) is 17.1 Å². The number of primary amides is 1. The van der Waals surface area contributed by atoms with Gasteiger partial charge in [-0.15, -0.1) is 17.0 Å². The number of carbonyl (C=O) groups excluding carboxylic acids is 1. The van der Waals surface area contributed by atoms with Gasteiger partial charge in [0.25, 0.3) is 5.91 Å². The molecule has 0 saturated carbocycles. The van der Waals surface area contributed by atoms with Crippen molar-refractivity contribution in [3.63, 3.8) is 0 Å². The minimum Gasteiger partial charge on any atom is -0.457 e. The molecular formula is C19H18BrN3O2. The summed E-state index contributed by atoms with van der Waals surface area (Å²) in [6, 6.07) is 20.4. The fourth-order valence-electron chi connectivity index (χ4n) is 2.41. The molecule has 2 aromatic carbocycles. The normalized spacial score (nSPS) is 9.92. The molecule has 1 heterocycles. The molecule has 3 rings (SSSR count). The number of para-hydroxylation sites is 1. The first-order valence-electron chi connectivity index (χ1n) is 7.49. The van der Waals surface area contributed by atoms with Crippen LogP contribution in [0.2, 0.25) is 0 Å². The highest BCUT2D eigenvalue weighted by atomic mass is 79.9. The summed E-state index contributed by atoms with van der Waals surface area (Å²) in [4.78, 5) is 11.4. The van der Waals surface area contributed by atoms with Crippen LogP contribution in [0.1, 0.15) is 15.9 Å². The first-order valence-corrected chi connectivity index (χ1v) is 7.49. The number of amides is 1. The molecule has 0 fully saturated rings. The molecule has 0 aliphatic rings. The summed E-state index contributed by atoms with van der Waals surface area (Å²) in [7, 11) is 0. The van der Waals surface area contributed by atoms with Crippen LogP contribution in [0, 0.1) is 5.41 Å². The van der Waals surface area contributed by atoms with Crippen molar-refractivity contribution in [2.75, 3.05) is 0 Å². The van der Waals surface area contributed by atoms with Gasteiger partial charge in [-0.1, -0.05) is 30.3 Å². The molecular weight excluding hydrogens is 382 g/mol. The molecule has 1 amide bonds. The van der Waals surface area contributed by atoms with E-state index in [9.17, 15) is 4.79 Å². The summed E-state index contributed by atoms with van der Waals surface area (Å²) in [6.07, 6.45) is 1.75. The number of carbonyl (C=O) groups is 1. The number of hydrogen-bond acceptors (Lipinski definition) is 3. The molecule has 25 heavy (non-hydrogen) atoms. The molecule has 0 bridgehead atoms. The van der Waals surface area contributed by atoms with Gasteiger partial charge in [0.15, 0.2) is 0 Å². The maximum absolute atomic E-state index is 11.4. The fraction of sp³-hybridized carbons (Fsp3) is 0.0526. The van der Waals surface area contributed by atoms with Gasteiger partial charge in [0.1, 0.15) is 17.0 Å². The van der Waals surface area contributed by atoms with Gasteiger partial charge >= 0.3 is 0 Å². The second-order valence-corrected chi connectivity index (χ2v) is 5.33. The monoisotopic (exact) mass is 399 g/mol. The van der Waals surface area contributed by atoms with E-state index in [1.165, 1.54) is 0 Å². The predicted octanol–water partition coefficient (Wildman–Crippen LogP) is 3.48. The van der Waals surface area contributed by atoms with Crippen molar-refractivity contribution in [1.29, 1.82) is 5.41 Å². The number of nitrogens with one attached hydrogen (secondary N) is 1. The molecule has 1 aromatic heterocycles. The highest BCUT2D eigenvalue weighted by Crippen LogP contribution is 2.22. The summed E-state index contributed by atoms with van der Waals surface area (Å²) in [5, 5.41) is 8.09. The second kappa shape index (κ2) is 8.30. The molecule has 0 aliphatic carbocycles. The third-order valence-electron chi connectivity index (χ3n) is 3.57. The Balaban J connectivity index is 0.00000225. The number of halogens is 1. The molecule has 3 aromatic rings. The quantitative estimate of drug-likeness (QED) is 0.688. The number of aromatic nitrogens is 1. The van der Waals surface area contributed by atoms with Crippen molar-refractivity contribution in [1.82, 2.24) is 4.57 Å². The summed E-state index contributed by atoms with van der Waals surface area (Å²) >= 11 is 0. The zero-order valence-electron chi connectivity index (χ0n) is 13.4. The van der Waals surface area contributed by atoms with E-state index in [2.05, 4.69) is 0 Å². The molecule has 6 heteroatoms. The van der Waals surface area contributed by atoms with Crippen LogP contribution >= 0.6 is 17.0 Å². The van der Waals surface area contributed by atoms with Gasteiger partial charge < -0.3 is 15.0 Å². The molecule has 0 saturated heterocycles. The average Bonchev–Trinajstić information content (AvgIpc) is 2.58. The SMILES string of the molecule is Br.N=c1c(C(N)=O)cccn1Cc1cccc(Oc2ccccc2)c1. The van der Waals surface area contributed by atoms with Gasteiger partial charge in [-0.25, -0.2) is 0 Å². The van der Waals surface area contributed by atoms with Crippen LogP contribution in [0.3, 0.4) is 0 Å². The van der Waals surface area contributed by atoms with E-state index in [1.807, 2.05) is 54.6 Å². The lowest BCUT2D eigenvalue weighted by Crippen LogP contribution is -2.29. The largest absolute Gasteiger partial charge is 0.457 e. The number of benzene rings is 2. The van der Waals surface area contributed by atoms with Crippen LogP contribution in [0.25, 0.3) is 0 Å². The third-order valence-corrected chi connectivity index (χ3v) is 3.57. The minimum absolute atomic E-state index is 0. The molecule has 3 N–H and O–H groups in total. The Morgan fingerprint density at radius 3 is 2.44 bits per heavy atom. The smallest absolute Gasteiger partial charge is 0.252 e. The molecule has 5 nitrogen and oxygen atoms in total. The molecule has 0 radical (unpaired) electrons. The van der Waals surface area contributed by atoms with Crippen molar-refractivity contribution in [3.05, 3.63) is 89.5 Å². The first kappa shape index (κ1) is 18.5. The van der Waals surface area contributed by atoms with Crippen molar-refractivity contribution in [2.24, 2.45) is 5.73 Å². The fourth-order valence-corrected chi connectivity index (χ4v) is 2.41. The van der Waals surface area contributed by atoms with Crippen LogP contribution in [-0.2, 0) is 6.54 Å². The maximum atomic E-state index is 11.4. The van der Waals surface area contributed by atoms with Gasteiger partial charge in [0, 0.05) is 12.7 Å². The third kappa shape index (κ3) is 4.58. The zero-order valence-corrected chi connectivity index (χ0v) is 15.1. The summed E-state index contributed by atoms with van der Waals surface area (Å²) < 4.78 is 7.49. The van der Waals surface area contributed by atoms with Crippen LogP contribution in [0.5, 0.6) is 11.5 Å². The van der Waals surface area contributed by atoms with Gasteiger partial charge in [-0.05, 0) is 42.0 Å². The van der Waals surface area contributed by atoms with E-state index >= 15 is 0 Å². The highest BCUT2D eigenvalue weighted by Gasteiger charge is 2.06. The maximum Gasteiger partial charge on any atom is 0.252 e. The number of hydrogen-bond donors (Lipinski definition) is 2. The van der Waals surface area contributed by atoms with E-state index < -0.39 is 5.91 Å². The first-order chi connectivity index (χ1) is 11.6. The van der Waals surface area contributed by atoms with E-state index in [4.69, 9.17) is 15.9 Å². The Labute approximate surface area is 156 Å². The Morgan fingerprint density at radius 1 is 1.00 bits per heavy atom. The van der Waals surface area contributed by atoms with E-state index in [1.54, 1.807) is 22.9 Å². The summed E-state index contributed by atoms with van der Waals surface area (Å²) in [6.45, 7) is 0.450. The average molecular weight is 400 g/mol. The minimum atomic E-state index is -0.601. The summed E-state index contributed by atoms with van der Waals surface area (Å²) in [5.74, 6) is 0.881. The lowest BCUT2D eigenvalue weighted by molar-refractivity contribution is 0.0998. The number of pyridine rings is 1. The second-order valence-electron chi connectivity index (χ2n) is 5.33. The van der Waals surface area contributed by atoms with Crippen molar-refractivity contribution >= 4 is 22.9 Å². The standard InChI is InChI=1S/C19H17N3O2.BrH/c20-18-17(19(21)23)10-5-11-22(18)13-14-6-4-9-16(12-14)24-15-7-2-1-3-8-15;/h1-12,20H,13H2,(H2,21,23);1H. The molecule has 0 aliphatic heterocycles. The molecule has 128 valence electrons. The molecule has 0 atom stereocenters. The van der Waals surface area contributed by atoms with Gasteiger partial charge in [0.05, 0.1) is 5.56 Å². The highest BCUT2D eigenvalue weighted by molar-refractivity contribution is 8.93. The van der Waals surface area contributed by atoms with Gasteiger partial charge in [-0.3, -0.25) is 10.2 Å². The van der Waals surface area contributed by atoms with Crippen molar-refractivity contribution in [2.45, 2.75) is 6.54 Å². The lowest BCUT2D eigenvalue weighted by Gasteiger charge is -2.11. The van der Waals surface area contributed by atoms with Crippen molar-refractivity contribution in [3.8, 4) is 11.5 Å². The molecule has 0 unspecified atom stereocenters. The van der Waals surface area contributed by atoms with Crippen LogP contribution in [-0.4, -0.2) is 10.5 Å². The molecule has 0 spiro atoms. The number of rotatable bonds is 5. The lowest BCUT2D eigenvalue weighted by atomic mass is 10.2.